The Balaban J connectivity index is 0.909. The topological polar surface area (TPSA) is 21.3 Å². The summed E-state index contributed by atoms with van der Waals surface area (Å²) in [7, 11) is 0. The highest BCUT2D eigenvalue weighted by Crippen LogP contribution is 2.52. The van der Waals surface area contributed by atoms with E-state index in [0.29, 0.717) is 0 Å². The highest BCUT2D eigenvalue weighted by molar-refractivity contribution is 7.00. The lowest BCUT2D eigenvalue weighted by Crippen LogP contribution is -2.61. The Morgan fingerprint density at radius 1 is 0.175 bits per heavy atom. The van der Waals surface area contributed by atoms with E-state index in [1.165, 1.54) is 180 Å². The van der Waals surface area contributed by atoms with Gasteiger partial charge in [0, 0.05) is 77.8 Å². The van der Waals surface area contributed by atoms with Crippen LogP contribution in [0.3, 0.4) is 0 Å². The van der Waals surface area contributed by atoms with Crippen LogP contribution in [0.5, 0.6) is 0 Å². The molecule has 0 spiro atoms. The molecule has 586 valence electrons. The Morgan fingerprint density at radius 2 is 0.392 bits per heavy atom. The summed E-state index contributed by atoms with van der Waals surface area (Å²) >= 11 is 0. The van der Waals surface area contributed by atoms with Gasteiger partial charge in [0.05, 0.1) is 38.8 Å². The van der Waals surface area contributed by atoms with Gasteiger partial charge >= 0.3 is 0 Å². The first-order valence-electron chi connectivity index (χ1n) is 43.3. The summed E-state index contributed by atoms with van der Waals surface area (Å²) in [5, 5.41) is 22.4. The molecule has 0 amide bonds. The fourth-order valence-electron chi connectivity index (χ4n) is 20.7. The summed E-state index contributed by atoms with van der Waals surface area (Å²) in [5.41, 5.74) is 28.2. The molecule has 0 bridgehead atoms. The molecule has 20 aromatic rings. The van der Waals surface area contributed by atoms with E-state index in [1.54, 1.807) is 0 Å². The van der Waals surface area contributed by atoms with Gasteiger partial charge in [-0.15, -0.1) is 0 Å². The third-order valence-corrected chi connectivity index (χ3v) is 27.3. The van der Waals surface area contributed by atoms with Crippen molar-refractivity contribution in [3.05, 3.63) is 325 Å². The van der Waals surface area contributed by atoms with Crippen LogP contribution in [0.25, 0.3) is 147 Å². The molecular formula is C114H102BN5. The van der Waals surface area contributed by atoms with Gasteiger partial charge in [-0.05, 0) is 280 Å². The van der Waals surface area contributed by atoms with Gasteiger partial charge in [0.2, 0.25) is 0 Å². The maximum absolute atomic E-state index is 2.70. The first-order chi connectivity index (χ1) is 57.3. The second kappa shape index (κ2) is 25.5. The molecule has 120 heavy (non-hydrogen) atoms. The first kappa shape index (κ1) is 73.7. The number of benzene rings is 17. The van der Waals surface area contributed by atoms with Crippen molar-refractivity contribution in [2.24, 2.45) is 0 Å². The Labute approximate surface area is 704 Å². The maximum Gasteiger partial charge on any atom is 0.252 e. The minimum atomic E-state index is -0.259. The summed E-state index contributed by atoms with van der Waals surface area (Å²) in [6.07, 6.45) is 0. The molecule has 0 atom stereocenters. The molecule has 3 aromatic heterocycles. The van der Waals surface area contributed by atoms with Crippen molar-refractivity contribution in [2.75, 3.05) is 9.80 Å². The van der Waals surface area contributed by atoms with Crippen molar-refractivity contribution in [3.63, 3.8) is 0 Å². The van der Waals surface area contributed by atoms with Crippen molar-refractivity contribution in [3.8, 4) is 17.1 Å². The third-order valence-electron chi connectivity index (χ3n) is 27.3. The number of rotatable bonds is 5. The van der Waals surface area contributed by atoms with Crippen LogP contribution < -0.4 is 26.2 Å². The van der Waals surface area contributed by atoms with Crippen LogP contribution in [0.2, 0.25) is 0 Å². The maximum atomic E-state index is 2.70. The van der Waals surface area contributed by atoms with Gasteiger partial charge < -0.3 is 23.5 Å². The second-order valence-electron chi connectivity index (χ2n) is 41.0. The summed E-state index contributed by atoms with van der Waals surface area (Å²) in [5.74, 6) is 0. The van der Waals surface area contributed by atoms with Crippen LogP contribution in [0.15, 0.2) is 291 Å². The minimum absolute atomic E-state index is 0.0664. The van der Waals surface area contributed by atoms with E-state index in [0.717, 1.165) is 51.2 Å². The number of aromatic nitrogens is 3. The molecule has 0 unspecified atom stereocenters. The molecule has 5 heterocycles. The van der Waals surface area contributed by atoms with Gasteiger partial charge in [0.15, 0.2) is 0 Å². The third kappa shape index (κ3) is 11.1. The highest BCUT2D eigenvalue weighted by Gasteiger charge is 2.45. The second-order valence-corrected chi connectivity index (χ2v) is 41.0. The first-order valence-corrected chi connectivity index (χ1v) is 43.3. The van der Waals surface area contributed by atoms with Crippen LogP contribution in [0.4, 0.5) is 34.1 Å². The van der Waals surface area contributed by atoms with Crippen LogP contribution in [-0.4, -0.2) is 20.4 Å². The highest BCUT2D eigenvalue weighted by atomic mass is 15.2. The van der Waals surface area contributed by atoms with E-state index in [9.17, 15) is 0 Å². The number of fused-ring (bicyclic) bond motifs is 25. The van der Waals surface area contributed by atoms with Gasteiger partial charge in [-0.25, -0.2) is 0 Å². The predicted octanol–water partition coefficient (Wildman–Crippen LogP) is 29.8. The zero-order valence-corrected chi connectivity index (χ0v) is 72.5. The van der Waals surface area contributed by atoms with E-state index in [2.05, 4.69) is 439 Å². The number of hydrogen-bond donors (Lipinski definition) is 0. The van der Waals surface area contributed by atoms with Gasteiger partial charge in [-0.3, -0.25) is 0 Å². The standard InChI is InChI=1S/C114H102BN5/c1-109(2,3)67-35-49-98-90(55-67)91-56-68(110(4,5)6)36-50-99(91)116(98)75-43-47-96-104(63-75)118(73-41-45-86-82-31-21-19-27-78(82)80-29-23-25-33-84(80)88(86)61-73)106-65-77(120-102-53-39-71(113(13,14)15)59-94(102)95-60-72(114(16,17)18)40-54-103(95)120)66-107-108(106)115(96)97-48-44-76(117-100-51-37-69(111(7,8)9)57-92(100)93-58-70(112(10,11)12)38-52-101(93)117)64-105(97)119(107)74-42-46-87-83-32-22-20-28-79(83)81-30-24-26-34-85(81)89(87)62-74/h19-66H,1-18H3. The zero-order valence-electron chi connectivity index (χ0n) is 72.5. The minimum Gasteiger partial charge on any atom is -0.311 e. The average Bonchev–Trinajstić information content (AvgIpc) is 0.934. The summed E-state index contributed by atoms with van der Waals surface area (Å²) in [6.45, 7) is 42.0. The summed E-state index contributed by atoms with van der Waals surface area (Å²) in [6, 6.07) is 115. The van der Waals surface area contributed by atoms with E-state index < -0.39 is 0 Å². The fraction of sp³-hybridized carbons (Fsp3) is 0.211. The smallest absolute Gasteiger partial charge is 0.252 e. The molecule has 2 aliphatic heterocycles. The lowest BCUT2D eigenvalue weighted by atomic mass is 9.33. The Bertz CT molecular complexity index is 7190. The molecule has 0 radical (unpaired) electrons. The van der Waals surface area contributed by atoms with Gasteiger partial charge in [0.25, 0.3) is 6.71 Å². The predicted molar refractivity (Wildman–Crippen MR) is 521 cm³/mol. The van der Waals surface area contributed by atoms with E-state index in [4.69, 9.17) is 0 Å². The monoisotopic (exact) mass is 1550 g/mol. The van der Waals surface area contributed by atoms with Crippen LogP contribution >= 0.6 is 0 Å². The normalized spacial score (nSPS) is 13.7. The number of hydrogen-bond acceptors (Lipinski definition) is 2. The number of anilines is 6. The van der Waals surface area contributed by atoms with E-state index in [1.807, 2.05) is 0 Å². The molecule has 17 aromatic carbocycles. The van der Waals surface area contributed by atoms with Gasteiger partial charge in [-0.1, -0.05) is 282 Å². The van der Waals surface area contributed by atoms with Crippen molar-refractivity contribution in [1.82, 2.24) is 13.7 Å². The molecule has 0 aliphatic carbocycles. The largest absolute Gasteiger partial charge is 0.311 e. The molecular weight excluding hydrogens is 1450 g/mol. The Morgan fingerprint density at radius 3 is 0.642 bits per heavy atom. The van der Waals surface area contributed by atoms with E-state index >= 15 is 0 Å². The van der Waals surface area contributed by atoms with Gasteiger partial charge in [0.1, 0.15) is 0 Å². The van der Waals surface area contributed by atoms with Crippen LogP contribution in [0.1, 0.15) is 158 Å². The van der Waals surface area contributed by atoms with Crippen LogP contribution in [0, 0.1) is 0 Å². The summed E-state index contributed by atoms with van der Waals surface area (Å²) < 4.78 is 7.77. The zero-order chi connectivity index (χ0) is 82.7. The molecule has 0 saturated carbocycles. The van der Waals surface area contributed by atoms with Gasteiger partial charge in [-0.2, -0.15) is 0 Å². The Kier molecular flexibility index (Phi) is 15.6. The van der Waals surface area contributed by atoms with Crippen molar-refractivity contribution < 1.29 is 0 Å². The molecule has 0 N–H and O–H groups in total. The number of nitrogens with zero attached hydrogens (tertiary/aromatic N) is 5. The van der Waals surface area contributed by atoms with Crippen molar-refractivity contribution in [2.45, 2.75) is 157 Å². The summed E-state index contributed by atoms with van der Waals surface area (Å²) in [4.78, 5) is 5.39. The molecule has 5 nitrogen and oxygen atoms in total. The lowest BCUT2D eigenvalue weighted by molar-refractivity contribution is 0.590. The average molecular weight is 1550 g/mol. The molecule has 2 aliphatic rings. The van der Waals surface area contributed by atoms with Crippen molar-refractivity contribution >= 4 is 187 Å². The molecule has 0 fully saturated rings. The Hall–Kier alpha value is -12.6. The fourth-order valence-corrected chi connectivity index (χ4v) is 20.7. The molecule has 0 saturated heterocycles. The van der Waals surface area contributed by atoms with Crippen LogP contribution in [-0.2, 0) is 32.5 Å². The van der Waals surface area contributed by atoms with E-state index in [-0.39, 0.29) is 39.2 Å². The molecule has 22 rings (SSSR count). The molecule has 6 heteroatoms. The quantitative estimate of drug-likeness (QED) is 0.126. The lowest BCUT2D eigenvalue weighted by Gasteiger charge is -2.45. The van der Waals surface area contributed by atoms with Crippen molar-refractivity contribution in [1.29, 1.82) is 0 Å². The SMILES string of the molecule is CC(C)(C)c1ccc2c(c1)c1cc(C(C)(C)C)ccc1n2-c1ccc2c(c1)N(c1ccc3c4ccccc4c4ccccc4c3c1)c1cc(-n3c4ccc(C(C)(C)C)cc4c4cc(C(C)(C)C)ccc43)cc3c1B2c1ccc(-n2c4ccc(C(C)(C)C)cc4c4cc(C(C)(C)C)ccc42)cc1N3c1ccc2c3ccccc3c3ccccc3c2c1.